The molecule has 194 valence electrons. The molecule has 0 aliphatic carbocycles. The molecule has 0 spiro atoms. The molecule has 0 atom stereocenters. The second-order valence-electron chi connectivity index (χ2n) is 9.94. The molecule has 10 heteroatoms. The number of morpholine rings is 1. The number of rotatable bonds is 6. The van der Waals surface area contributed by atoms with Gasteiger partial charge in [0.25, 0.3) is 0 Å². The minimum Gasteiger partial charge on any atom is -0.495 e. The quantitative estimate of drug-likeness (QED) is 0.413. The van der Waals surface area contributed by atoms with E-state index in [1.807, 2.05) is 4.52 Å². The third kappa shape index (κ3) is 4.59. The van der Waals surface area contributed by atoms with Crippen LogP contribution in [0.4, 0.5) is 5.82 Å². The van der Waals surface area contributed by atoms with Crippen LogP contribution in [0, 0.1) is 6.92 Å². The zero-order chi connectivity index (χ0) is 25.5. The van der Waals surface area contributed by atoms with Gasteiger partial charge in [-0.05, 0) is 43.0 Å². The fourth-order valence-electron chi connectivity index (χ4n) is 5.59. The van der Waals surface area contributed by atoms with Crippen LogP contribution in [-0.4, -0.2) is 76.7 Å². The topological polar surface area (TPSA) is 98.2 Å². The normalized spacial score (nSPS) is 17.7. The lowest BCUT2D eigenvalue weighted by molar-refractivity contribution is -0.122. The Balaban J connectivity index is 1.57. The Labute approximate surface area is 219 Å². The lowest BCUT2D eigenvalue weighted by Gasteiger charge is -2.28. The minimum atomic E-state index is 0.299. The third-order valence-corrected chi connectivity index (χ3v) is 8.53. The van der Waals surface area contributed by atoms with Gasteiger partial charge in [0.2, 0.25) is 0 Å². The van der Waals surface area contributed by atoms with Crippen molar-refractivity contribution in [3.05, 3.63) is 41.3 Å². The summed E-state index contributed by atoms with van der Waals surface area (Å²) in [6.45, 7) is 8.02. The number of aromatic nitrogens is 3. The van der Waals surface area contributed by atoms with Gasteiger partial charge >= 0.3 is 0 Å². The zero-order valence-corrected chi connectivity index (χ0v) is 22.1. The number of nitrogen functional groups attached to an aromatic ring is 1. The molecule has 0 saturated carbocycles. The highest BCUT2D eigenvalue weighted by Gasteiger charge is 2.28. The largest absolute Gasteiger partial charge is 0.495 e. The Morgan fingerprint density at radius 1 is 1.14 bits per heavy atom. The van der Waals surface area contributed by atoms with Crippen molar-refractivity contribution in [2.24, 2.45) is 0 Å². The van der Waals surface area contributed by atoms with Gasteiger partial charge in [-0.3, -0.25) is 14.6 Å². The van der Waals surface area contributed by atoms with Gasteiger partial charge in [-0.15, -0.1) is 11.3 Å². The van der Waals surface area contributed by atoms with E-state index < -0.39 is 0 Å². The molecule has 2 N–H and O–H groups in total. The molecule has 2 aliphatic heterocycles. The number of anilines is 1. The van der Waals surface area contributed by atoms with Crippen molar-refractivity contribution in [3.63, 3.8) is 0 Å². The molecule has 0 unspecified atom stereocenters. The van der Waals surface area contributed by atoms with E-state index in [-0.39, 0.29) is 0 Å². The maximum Gasteiger partial charge on any atom is 0.152 e. The molecular weight excluding hydrogens is 488 g/mol. The van der Waals surface area contributed by atoms with Crippen LogP contribution < -0.4 is 10.5 Å². The van der Waals surface area contributed by atoms with E-state index in [1.165, 1.54) is 6.33 Å². The molecule has 6 rings (SSSR count). The monoisotopic (exact) mass is 520 g/mol. The summed E-state index contributed by atoms with van der Waals surface area (Å²) in [5.74, 6) is 1.62. The minimum absolute atomic E-state index is 0.299. The summed E-state index contributed by atoms with van der Waals surface area (Å²) in [4.78, 5) is 22.5. The first-order valence-electron chi connectivity index (χ1n) is 12.8. The van der Waals surface area contributed by atoms with Gasteiger partial charge < -0.3 is 15.2 Å². The van der Waals surface area contributed by atoms with Gasteiger partial charge in [0.15, 0.2) is 5.82 Å². The van der Waals surface area contributed by atoms with E-state index in [4.69, 9.17) is 15.2 Å². The molecule has 1 aromatic carbocycles. The van der Waals surface area contributed by atoms with Crippen LogP contribution in [0.1, 0.15) is 29.7 Å². The zero-order valence-electron chi connectivity index (χ0n) is 21.3. The molecule has 37 heavy (non-hydrogen) atoms. The highest BCUT2D eigenvalue weighted by atomic mass is 32.1. The fraction of sp³-hybridized carbons (Fsp3) is 0.444. The highest BCUT2D eigenvalue weighted by molar-refractivity contribution is 7.22. The Bertz CT molecular complexity index is 1470. The maximum atomic E-state index is 12.3. The number of likely N-dealkylation sites (tertiary alicyclic amines) is 1. The summed E-state index contributed by atoms with van der Waals surface area (Å²) in [6, 6.07) is 6.48. The molecule has 2 aliphatic rings. The molecule has 0 radical (unpaired) electrons. The smallest absolute Gasteiger partial charge is 0.152 e. The Kier molecular flexibility index (Phi) is 6.58. The van der Waals surface area contributed by atoms with Gasteiger partial charge in [0.1, 0.15) is 23.4 Å². The molecule has 5 heterocycles. The number of ether oxygens (including phenoxy) is 2. The average Bonchev–Trinajstić information content (AvgIpc) is 3.44. The van der Waals surface area contributed by atoms with Crippen LogP contribution in [0.25, 0.3) is 26.0 Å². The number of nitrogens with two attached hydrogens (primary N) is 1. The molecule has 0 bridgehead atoms. The number of carbonyl (C=O) groups is 1. The molecule has 2 fully saturated rings. The third-order valence-electron chi connectivity index (χ3n) is 7.34. The van der Waals surface area contributed by atoms with E-state index in [0.29, 0.717) is 31.1 Å². The van der Waals surface area contributed by atoms with Crippen molar-refractivity contribution < 1.29 is 14.3 Å². The number of carbonyl (C=O) groups excluding carboxylic acids is 1. The number of nitrogens with zero attached hydrogens (tertiary/aromatic N) is 5. The van der Waals surface area contributed by atoms with Crippen LogP contribution in [-0.2, 0) is 22.6 Å². The second kappa shape index (κ2) is 10.0. The lowest BCUT2D eigenvalue weighted by atomic mass is 10.0. The van der Waals surface area contributed by atoms with E-state index in [2.05, 4.69) is 45.0 Å². The number of hydrogen-bond acceptors (Lipinski definition) is 9. The van der Waals surface area contributed by atoms with Crippen molar-refractivity contribution >= 4 is 38.5 Å². The number of Topliss-reactive ketones (excluding diaryl/α,β-unsaturated/α-hetero) is 1. The number of fused-ring (bicyclic) bond motifs is 2. The summed E-state index contributed by atoms with van der Waals surface area (Å²) >= 11 is 1.70. The molecule has 3 aromatic heterocycles. The first-order chi connectivity index (χ1) is 18.0. The highest BCUT2D eigenvalue weighted by Crippen LogP contribution is 2.44. The number of ketones is 1. The van der Waals surface area contributed by atoms with Crippen LogP contribution in [0.3, 0.4) is 0 Å². The van der Waals surface area contributed by atoms with Gasteiger partial charge in [-0.25, -0.2) is 9.50 Å². The number of thiophene rings is 1. The van der Waals surface area contributed by atoms with Crippen LogP contribution in [0.15, 0.2) is 24.5 Å². The van der Waals surface area contributed by atoms with Crippen molar-refractivity contribution in [1.29, 1.82) is 0 Å². The second-order valence-corrected chi connectivity index (χ2v) is 11.0. The predicted octanol–water partition coefficient (Wildman–Crippen LogP) is 3.51. The summed E-state index contributed by atoms with van der Waals surface area (Å²) in [5.41, 5.74) is 11.8. The van der Waals surface area contributed by atoms with Crippen molar-refractivity contribution in [2.75, 3.05) is 52.2 Å². The first kappa shape index (κ1) is 24.3. The summed E-state index contributed by atoms with van der Waals surface area (Å²) in [7, 11) is 1.71. The summed E-state index contributed by atoms with van der Waals surface area (Å²) in [6.07, 6.45) is 3.08. The SMILES string of the molecule is COc1cc(C)cc2cc(-c3c(CN4CCCC(=O)C4)c(CN4CCOCC4)n4ncnc(N)c34)sc12. The van der Waals surface area contributed by atoms with Gasteiger partial charge in [0.05, 0.1) is 37.3 Å². The standard InChI is InChI=1S/C27H32N6O3S/c1-17-10-18-12-23(37-26(18)22(11-17)35-2)24-20(14-32-5-3-4-19(34)13-32)21(15-31-6-8-36-9-7-31)33-25(24)27(28)29-16-30-33/h10-12,16H,3-9,13-15H2,1-2H3,(H2,28,29,30). The average molecular weight is 521 g/mol. The Morgan fingerprint density at radius 3 is 2.76 bits per heavy atom. The van der Waals surface area contributed by atoms with E-state index >= 15 is 0 Å². The Hall–Kier alpha value is -3.05. The number of aryl methyl sites for hydroxylation is 1. The molecular formula is C27H32N6O3S. The Morgan fingerprint density at radius 2 is 1.97 bits per heavy atom. The van der Waals surface area contributed by atoms with Crippen LogP contribution >= 0.6 is 11.3 Å². The first-order valence-corrected chi connectivity index (χ1v) is 13.6. The molecule has 9 nitrogen and oxygen atoms in total. The number of hydrogen-bond donors (Lipinski definition) is 1. The van der Waals surface area contributed by atoms with Crippen molar-refractivity contribution in [3.8, 4) is 16.2 Å². The van der Waals surface area contributed by atoms with E-state index in [9.17, 15) is 4.79 Å². The van der Waals surface area contributed by atoms with E-state index in [1.54, 1.807) is 18.4 Å². The molecule has 0 amide bonds. The van der Waals surface area contributed by atoms with Gasteiger partial charge in [-0.1, -0.05) is 6.07 Å². The summed E-state index contributed by atoms with van der Waals surface area (Å²) < 4.78 is 14.4. The van der Waals surface area contributed by atoms with Crippen LogP contribution in [0.5, 0.6) is 5.75 Å². The molecule has 4 aromatic rings. The number of benzene rings is 1. The van der Waals surface area contributed by atoms with E-state index in [0.717, 1.165) is 94.4 Å². The van der Waals surface area contributed by atoms with Gasteiger partial charge in [0, 0.05) is 48.6 Å². The summed E-state index contributed by atoms with van der Waals surface area (Å²) in [5, 5.41) is 5.83. The van der Waals surface area contributed by atoms with Crippen LogP contribution in [0.2, 0.25) is 0 Å². The number of piperidine rings is 1. The fourth-order valence-corrected chi connectivity index (χ4v) is 6.80. The maximum absolute atomic E-state index is 12.3. The van der Waals surface area contributed by atoms with Crippen molar-refractivity contribution in [2.45, 2.75) is 32.9 Å². The van der Waals surface area contributed by atoms with Gasteiger partial charge in [-0.2, -0.15) is 5.10 Å². The molecule has 2 saturated heterocycles. The van der Waals surface area contributed by atoms with Crippen molar-refractivity contribution in [1.82, 2.24) is 24.4 Å². The predicted molar refractivity (Wildman–Crippen MR) is 145 cm³/mol. The lowest BCUT2D eigenvalue weighted by Crippen LogP contribution is -2.37. The number of methoxy groups -OCH3 is 1.